The number of carbonyl (C=O) groups excluding carboxylic acids is 1. The SMILES string of the molecule is C=CCn1c(SCC(=O)Nc2ccc(F)c(F)c2F)nnc1-c1ccc(C(C)(C)C)cc1. The lowest BCUT2D eigenvalue weighted by Crippen LogP contribution is -2.16. The van der Waals surface area contributed by atoms with Crippen LogP contribution in [0.25, 0.3) is 11.4 Å². The standard InChI is InChI=1S/C23H23F3N4OS/c1-5-12-30-21(14-6-8-15(9-7-14)23(2,3)4)28-29-22(30)32-13-18(31)27-17-11-10-16(24)19(25)20(17)26/h5-11H,1,12-13H2,2-4H3,(H,27,31). The van der Waals surface area contributed by atoms with Gasteiger partial charge in [0.25, 0.3) is 0 Å². The topological polar surface area (TPSA) is 59.8 Å². The molecular weight excluding hydrogens is 437 g/mol. The Morgan fingerprint density at radius 3 is 2.41 bits per heavy atom. The fraction of sp³-hybridized carbons (Fsp3) is 0.261. The molecule has 0 bridgehead atoms. The van der Waals surface area contributed by atoms with Crippen molar-refractivity contribution in [2.75, 3.05) is 11.1 Å². The summed E-state index contributed by atoms with van der Waals surface area (Å²) in [5.41, 5.74) is 1.65. The molecule has 0 saturated heterocycles. The summed E-state index contributed by atoms with van der Waals surface area (Å²) in [5.74, 6) is -4.50. The number of anilines is 1. The Morgan fingerprint density at radius 1 is 1.09 bits per heavy atom. The van der Waals surface area contributed by atoms with Gasteiger partial charge in [0.2, 0.25) is 5.91 Å². The average molecular weight is 461 g/mol. The number of allylic oxidation sites excluding steroid dienone is 1. The van der Waals surface area contributed by atoms with E-state index in [9.17, 15) is 18.0 Å². The molecule has 32 heavy (non-hydrogen) atoms. The van der Waals surface area contributed by atoms with Gasteiger partial charge in [0.05, 0.1) is 11.4 Å². The number of nitrogens with one attached hydrogen (secondary N) is 1. The monoisotopic (exact) mass is 460 g/mol. The van der Waals surface area contributed by atoms with E-state index in [-0.39, 0.29) is 11.2 Å². The highest BCUT2D eigenvalue weighted by molar-refractivity contribution is 7.99. The van der Waals surface area contributed by atoms with Crippen LogP contribution < -0.4 is 5.32 Å². The lowest BCUT2D eigenvalue weighted by atomic mass is 9.87. The van der Waals surface area contributed by atoms with Gasteiger partial charge in [0.15, 0.2) is 28.4 Å². The highest BCUT2D eigenvalue weighted by atomic mass is 32.2. The molecule has 168 valence electrons. The Bertz CT molecular complexity index is 1140. The van der Waals surface area contributed by atoms with E-state index in [1.54, 1.807) is 6.08 Å². The molecule has 0 saturated carbocycles. The fourth-order valence-electron chi connectivity index (χ4n) is 2.96. The third-order valence-corrected chi connectivity index (χ3v) is 5.65. The van der Waals surface area contributed by atoms with Gasteiger partial charge in [-0.3, -0.25) is 9.36 Å². The molecule has 0 radical (unpaired) electrons. The minimum Gasteiger partial charge on any atom is -0.323 e. The molecular formula is C23H23F3N4OS. The first-order valence-electron chi connectivity index (χ1n) is 9.83. The molecule has 0 aliphatic rings. The largest absolute Gasteiger partial charge is 0.323 e. The molecule has 3 rings (SSSR count). The molecule has 9 heteroatoms. The number of benzene rings is 2. The summed E-state index contributed by atoms with van der Waals surface area (Å²) < 4.78 is 42.0. The first-order chi connectivity index (χ1) is 15.1. The molecule has 1 N–H and O–H groups in total. The molecule has 0 fully saturated rings. The van der Waals surface area contributed by atoms with Crippen molar-refractivity contribution in [3.05, 3.63) is 72.1 Å². The highest BCUT2D eigenvalue weighted by Crippen LogP contribution is 2.28. The predicted molar refractivity (Wildman–Crippen MR) is 120 cm³/mol. The predicted octanol–water partition coefficient (Wildman–Crippen LogP) is 5.58. The number of hydrogen-bond donors (Lipinski definition) is 1. The van der Waals surface area contributed by atoms with Crippen LogP contribution in [0.2, 0.25) is 0 Å². The van der Waals surface area contributed by atoms with E-state index in [0.717, 1.165) is 29.5 Å². The number of hydrogen-bond acceptors (Lipinski definition) is 4. The number of carbonyl (C=O) groups is 1. The third-order valence-electron chi connectivity index (χ3n) is 4.68. The lowest BCUT2D eigenvalue weighted by Gasteiger charge is -2.19. The smallest absolute Gasteiger partial charge is 0.234 e. The van der Waals surface area contributed by atoms with Crippen molar-refractivity contribution in [1.29, 1.82) is 0 Å². The molecule has 0 aliphatic heterocycles. The minimum atomic E-state index is -1.64. The normalized spacial score (nSPS) is 11.4. The molecule has 1 amide bonds. The number of halogens is 3. The summed E-state index contributed by atoms with van der Waals surface area (Å²) in [6, 6.07) is 9.74. The molecule has 1 heterocycles. The summed E-state index contributed by atoms with van der Waals surface area (Å²) in [7, 11) is 0. The van der Waals surface area contributed by atoms with Crippen LogP contribution in [0.5, 0.6) is 0 Å². The summed E-state index contributed by atoms with van der Waals surface area (Å²) >= 11 is 1.09. The first kappa shape index (κ1) is 23.6. The van der Waals surface area contributed by atoms with E-state index in [1.807, 2.05) is 28.8 Å². The fourth-order valence-corrected chi connectivity index (χ4v) is 3.71. The second-order valence-corrected chi connectivity index (χ2v) is 9.04. The summed E-state index contributed by atoms with van der Waals surface area (Å²) in [5, 5.41) is 11.1. The molecule has 0 unspecified atom stereocenters. The van der Waals surface area contributed by atoms with Crippen LogP contribution in [0.3, 0.4) is 0 Å². The lowest BCUT2D eigenvalue weighted by molar-refractivity contribution is -0.113. The quantitative estimate of drug-likeness (QED) is 0.284. The molecule has 0 spiro atoms. The van der Waals surface area contributed by atoms with Crippen LogP contribution in [0.4, 0.5) is 18.9 Å². The van der Waals surface area contributed by atoms with Crippen molar-refractivity contribution in [3.63, 3.8) is 0 Å². The van der Waals surface area contributed by atoms with Crippen LogP contribution in [-0.2, 0) is 16.8 Å². The van der Waals surface area contributed by atoms with Crippen molar-refractivity contribution in [2.45, 2.75) is 37.9 Å². The van der Waals surface area contributed by atoms with Crippen LogP contribution in [-0.4, -0.2) is 26.4 Å². The average Bonchev–Trinajstić information content (AvgIpc) is 3.15. The number of rotatable bonds is 7. The van der Waals surface area contributed by atoms with E-state index in [2.05, 4.69) is 42.9 Å². The second kappa shape index (κ2) is 9.60. The van der Waals surface area contributed by atoms with Gasteiger partial charge in [0.1, 0.15) is 0 Å². The van der Waals surface area contributed by atoms with Crippen LogP contribution in [0, 0.1) is 17.5 Å². The number of aromatic nitrogens is 3. The Morgan fingerprint density at radius 2 is 1.78 bits per heavy atom. The molecule has 2 aromatic carbocycles. The van der Waals surface area contributed by atoms with Crippen molar-refractivity contribution < 1.29 is 18.0 Å². The van der Waals surface area contributed by atoms with Crippen molar-refractivity contribution >= 4 is 23.4 Å². The van der Waals surface area contributed by atoms with Gasteiger partial charge in [-0.2, -0.15) is 0 Å². The van der Waals surface area contributed by atoms with Crippen LogP contribution >= 0.6 is 11.8 Å². The first-order valence-corrected chi connectivity index (χ1v) is 10.8. The van der Waals surface area contributed by atoms with E-state index >= 15 is 0 Å². The molecule has 3 aromatic rings. The zero-order valence-electron chi connectivity index (χ0n) is 18.0. The van der Waals surface area contributed by atoms with Crippen molar-refractivity contribution in [2.24, 2.45) is 0 Å². The van der Waals surface area contributed by atoms with Crippen LogP contribution in [0.1, 0.15) is 26.3 Å². The van der Waals surface area contributed by atoms with Gasteiger partial charge in [-0.1, -0.05) is 62.9 Å². The maximum atomic E-state index is 13.8. The third kappa shape index (κ3) is 5.21. The van der Waals surface area contributed by atoms with E-state index < -0.39 is 29.0 Å². The van der Waals surface area contributed by atoms with Gasteiger partial charge in [-0.25, -0.2) is 13.2 Å². The Hall–Kier alpha value is -3.07. The molecule has 5 nitrogen and oxygen atoms in total. The van der Waals surface area contributed by atoms with Gasteiger partial charge >= 0.3 is 0 Å². The highest BCUT2D eigenvalue weighted by Gasteiger charge is 2.19. The Labute approximate surface area is 188 Å². The maximum absolute atomic E-state index is 13.8. The van der Waals surface area contributed by atoms with E-state index in [1.165, 1.54) is 5.56 Å². The number of thioether (sulfide) groups is 1. The maximum Gasteiger partial charge on any atom is 0.234 e. The number of amides is 1. The van der Waals surface area contributed by atoms with E-state index in [4.69, 9.17) is 0 Å². The Kier molecular flexibility index (Phi) is 7.08. The minimum absolute atomic E-state index is 0.0224. The van der Waals surface area contributed by atoms with Gasteiger partial charge in [-0.15, -0.1) is 16.8 Å². The van der Waals surface area contributed by atoms with Gasteiger partial charge < -0.3 is 5.32 Å². The molecule has 1 aromatic heterocycles. The van der Waals surface area contributed by atoms with Crippen molar-refractivity contribution in [3.8, 4) is 11.4 Å². The van der Waals surface area contributed by atoms with Gasteiger partial charge in [0, 0.05) is 12.1 Å². The van der Waals surface area contributed by atoms with Crippen LogP contribution in [0.15, 0.2) is 54.2 Å². The summed E-state index contributed by atoms with van der Waals surface area (Å²) in [6.07, 6.45) is 1.69. The van der Waals surface area contributed by atoms with E-state index in [0.29, 0.717) is 17.5 Å². The number of nitrogens with zero attached hydrogens (tertiary/aromatic N) is 3. The summed E-state index contributed by atoms with van der Waals surface area (Å²) in [6.45, 7) is 10.6. The van der Waals surface area contributed by atoms with Crippen molar-refractivity contribution in [1.82, 2.24) is 14.8 Å². The molecule has 0 atom stereocenters. The zero-order valence-corrected chi connectivity index (χ0v) is 18.8. The zero-order chi connectivity index (χ0) is 23.5. The second-order valence-electron chi connectivity index (χ2n) is 8.09. The summed E-state index contributed by atoms with van der Waals surface area (Å²) in [4.78, 5) is 12.2. The van der Waals surface area contributed by atoms with Gasteiger partial charge in [-0.05, 0) is 23.1 Å². The molecule has 0 aliphatic carbocycles. The Balaban J connectivity index is 1.75.